The molecule has 1 aromatic carbocycles. The lowest BCUT2D eigenvalue weighted by atomic mass is 10.0. The summed E-state index contributed by atoms with van der Waals surface area (Å²) in [4.78, 5) is 32.9. The SMILES string of the molecule is CC(CCCN(C)/C=C\c1cc(-c2cnccn2)c(F)cc1C=O)Nc1cn[nH]c(=O)c1C(F)(F)F. The van der Waals surface area contributed by atoms with E-state index in [0.717, 1.165) is 12.3 Å². The first-order valence-electron chi connectivity index (χ1n) is 10.9. The second-order valence-corrected chi connectivity index (χ2v) is 8.14. The van der Waals surface area contributed by atoms with Crippen LogP contribution in [-0.4, -0.2) is 51.0 Å². The van der Waals surface area contributed by atoms with E-state index in [1.54, 1.807) is 31.3 Å². The van der Waals surface area contributed by atoms with Crippen LogP contribution in [0.15, 0.2) is 47.9 Å². The zero-order valence-corrected chi connectivity index (χ0v) is 19.5. The standard InChI is InChI=1S/C24H24F4N6O2/c1-15(32-21-13-31-33-23(36)22(21)24(26,27)28)4-3-8-34(2)9-5-16-10-18(19(25)11-17(16)14-35)20-12-29-6-7-30-20/h5-7,9-15H,3-4,8H2,1-2H3,(H2,32,33,36)/b9-5-. The van der Waals surface area contributed by atoms with Crippen LogP contribution in [0.3, 0.4) is 0 Å². The first-order chi connectivity index (χ1) is 17.1. The molecular weight excluding hydrogens is 480 g/mol. The fraction of sp³-hybridized carbons (Fsp3) is 0.292. The lowest BCUT2D eigenvalue weighted by Gasteiger charge is -2.20. The average molecular weight is 504 g/mol. The predicted molar refractivity (Wildman–Crippen MR) is 127 cm³/mol. The summed E-state index contributed by atoms with van der Waals surface area (Å²) in [7, 11) is 1.80. The van der Waals surface area contributed by atoms with Crippen molar-refractivity contribution in [3.05, 3.63) is 76.0 Å². The number of carbonyl (C=O) groups is 1. The molecule has 0 aliphatic heterocycles. The van der Waals surface area contributed by atoms with E-state index in [0.29, 0.717) is 36.9 Å². The number of anilines is 1. The fourth-order valence-electron chi connectivity index (χ4n) is 3.54. The summed E-state index contributed by atoms with van der Waals surface area (Å²) in [5.74, 6) is -0.589. The van der Waals surface area contributed by atoms with Gasteiger partial charge in [-0.15, -0.1) is 0 Å². The number of nitrogens with zero attached hydrogens (tertiary/aromatic N) is 4. The molecule has 0 bridgehead atoms. The highest BCUT2D eigenvalue weighted by molar-refractivity contribution is 5.84. The van der Waals surface area contributed by atoms with Gasteiger partial charge in [0.1, 0.15) is 11.4 Å². The summed E-state index contributed by atoms with van der Waals surface area (Å²) < 4.78 is 54.0. The third-order valence-electron chi connectivity index (χ3n) is 5.34. The molecule has 8 nitrogen and oxygen atoms in total. The van der Waals surface area contributed by atoms with Gasteiger partial charge in [0, 0.05) is 43.2 Å². The molecular formula is C24H24F4N6O2. The minimum atomic E-state index is -4.81. The second kappa shape index (κ2) is 11.6. The number of halogens is 4. The van der Waals surface area contributed by atoms with Gasteiger partial charge in [0.25, 0.3) is 5.56 Å². The van der Waals surface area contributed by atoms with Crippen molar-refractivity contribution in [1.82, 2.24) is 25.1 Å². The van der Waals surface area contributed by atoms with E-state index in [2.05, 4.69) is 20.4 Å². The van der Waals surface area contributed by atoms with Gasteiger partial charge in [0.2, 0.25) is 0 Å². The van der Waals surface area contributed by atoms with E-state index in [9.17, 15) is 27.2 Å². The smallest absolute Gasteiger partial charge is 0.381 e. The zero-order valence-electron chi connectivity index (χ0n) is 19.5. The van der Waals surface area contributed by atoms with Crippen molar-refractivity contribution in [2.45, 2.75) is 32.0 Å². The monoisotopic (exact) mass is 504 g/mol. The Morgan fingerprint density at radius 2 is 1.97 bits per heavy atom. The van der Waals surface area contributed by atoms with Gasteiger partial charge in [0.15, 0.2) is 6.29 Å². The number of rotatable bonds is 10. The summed E-state index contributed by atoms with van der Waals surface area (Å²) >= 11 is 0. The van der Waals surface area contributed by atoms with E-state index in [1.165, 1.54) is 24.7 Å². The quantitative estimate of drug-likeness (QED) is 0.312. The van der Waals surface area contributed by atoms with E-state index in [4.69, 9.17) is 0 Å². The second-order valence-electron chi connectivity index (χ2n) is 8.14. The van der Waals surface area contributed by atoms with E-state index in [-0.39, 0.29) is 22.9 Å². The van der Waals surface area contributed by atoms with Gasteiger partial charge in [-0.1, -0.05) is 0 Å². The summed E-state index contributed by atoms with van der Waals surface area (Å²) in [6.45, 7) is 2.26. The Morgan fingerprint density at radius 1 is 1.19 bits per heavy atom. The number of benzene rings is 1. The Kier molecular flexibility index (Phi) is 8.51. The molecule has 36 heavy (non-hydrogen) atoms. The molecule has 0 radical (unpaired) electrons. The van der Waals surface area contributed by atoms with Crippen LogP contribution in [0.25, 0.3) is 17.3 Å². The van der Waals surface area contributed by atoms with Crippen LogP contribution < -0.4 is 10.9 Å². The predicted octanol–water partition coefficient (Wildman–Crippen LogP) is 4.38. The Hall–Kier alpha value is -4.09. The molecule has 1 unspecified atom stereocenters. The minimum Gasteiger partial charge on any atom is -0.381 e. The molecule has 0 fully saturated rings. The molecule has 0 saturated heterocycles. The fourth-order valence-corrected chi connectivity index (χ4v) is 3.54. The third kappa shape index (κ3) is 6.74. The highest BCUT2D eigenvalue weighted by Crippen LogP contribution is 2.31. The number of aromatic nitrogens is 4. The number of aromatic amines is 1. The zero-order chi connectivity index (χ0) is 26.3. The lowest BCUT2D eigenvalue weighted by molar-refractivity contribution is -0.138. The van der Waals surface area contributed by atoms with Crippen molar-refractivity contribution < 1.29 is 22.4 Å². The topological polar surface area (TPSA) is 104 Å². The minimum absolute atomic E-state index is 0.175. The normalized spacial score (nSPS) is 12.5. The number of nitrogens with one attached hydrogen (secondary N) is 2. The summed E-state index contributed by atoms with van der Waals surface area (Å²) in [5, 5.41) is 7.95. The van der Waals surface area contributed by atoms with Crippen LogP contribution in [0, 0.1) is 5.82 Å². The third-order valence-corrected chi connectivity index (χ3v) is 5.34. The molecule has 1 atom stereocenters. The number of hydrogen-bond acceptors (Lipinski definition) is 7. The van der Waals surface area contributed by atoms with E-state index >= 15 is 0 Å². The molecule has 0 spiro atoms. The average Bonchev–Trinajstić information content (AvgIpc) is 2.82. The molecule has 0 aliphatic rings. The number of alkyl halides is 3. The van der Waals surface area contributed by atoms with Crippen LogP contribution in [0.4, 0.5) is 23.2 Å². The molecule has 3 aromatic rings. The largest absolute Gasteiger partial charge is 0.423 e. The Labute approximate surface area is 204 Å². The van der Waals surface area contributed by atoms with Crippen molar-refractivity contribution in [2.75, 3.05) is 18.9 Å². The van der Waals surface area contributed by atoms with Crippen molar-refractivity contribution in [1.29, 1.82) is 0 Å². The van der Waals surface area contributed by atoms with Crippen LogP contribution in [0.2, 0.25) is 0 Å². The maximum absolute atomic E-state index is 14.5. The van der Waals surface area contributed by atoms with Gasteiger partial charge in [0.05, 0.1) is 23.8 Å². The van der Waals surface area contributed by atoms with Crippen molar-refractivity contribution >= 4 is 18.0 Å². The molecule has 2 aromatic heterocycles. The van der Waals surface area contributed by atoms with Gasteiger partial charge in [-0.05, 0) is 49.7 Å². The Morgan fingerprint density at radius 3 is 2.64 bits per heavy atom. The molecule has 0 saturated carbocycles. The maximum Gasteiger partial charge on any atom is 0.423 e. The summed E-state index contributed by atoms with van der Waals surface area (Å²) in [6, 6.07) is 2.30. The molecule has 190 valence electrons. The summed E-state index contributed by atoms with van der Waals surface area (Å²) in [6.07, 6.45) is 5.55. The highest BCUT2D eigenvalue weighted by Gasteiger charge is 2.37. The van der Waals surface area contributed by atoms with Crippen LogP contribution in [0.1, 0.15) is 41.3 Å². The molecule has 3 rings (SSSR count). The van der Waals surface area contributed by atoms with Gasteiger partial charge >= 0.3 is 6.18 Å². The first-order valence-corrected chi connectivity index (χ1v) is 10.9. The van der Waals surface area contributed by atoms with Gasteiger partial charge in [-0.3, -0.25) is 19.6 Å². The van der Waals surface area contributed by atoms with Crippen LogP contribution >= 0.6 is 0 Å². The summed E-state index contributed by atoms with van der Waals surface area (Å²) in [5.41, 5.74) is -1.77. The molecule has 0 aliphatic carbocycles. The van der Waals surface area contributed by atoms with E-state index < -0.39 is 23.1 Å². The van der Waals surface area contributed by atoms with Gasteiger partial charge in [-0.25, -0.2) is 9.49 Å². The van der Waals surface area contributed by atoms with E-state index in [1.807, 2.05) is 4.90 Å². The van der Waals surface area contributed by atoms with Crippen LogP contribution in [-0.2, 0) is 6.18 Å². The van der Waals surface area contributed by atoms with Gasteiger partial charge < -0.3 is 10.2 Å². The Bertz CT molecular complexity index is 1280. The highest BCUT2D eigenvalue weighted by atomic mass is 19.4. The number of hydrogen-bond donors (Lipinski definition) is 2. The number of H-pyrrole nitrogens is 1. The van der Waals surface area contributed by atoms with Gasteiger partial charge in [-0.2, -0.15) is 18.3 Å². The van der Waals surface area contributed by atoms with Crippen molar-refractivity contribution in [3.8, 4) is 11.3 Å². The molecule has 2 heterocycles. The molecule has 12 heteroatoms. The first kappa shape index (κ1) is 26.5. The molecule has 2 N–H and O–H groups in total. The lowest BCUT2D eigenvalue weighted by Crippen LogP contribution is -2.27. The maximum atomic E-state index is 14.5. The van der Waals surface area contributed by atoms with Crippen molar-refractivity contribution in [2.24, 2.45) is 0 Å². The number of aldehydes is 1. The number of carbonyl (C=O) groups excluding carboxylic acids is 1. The Balaban J connectivity index is 1.61. The van der Waals surface area contributed by atoms with Crippen molar-refractivity contribution in [3.63, 3.8) is 0 Å². The van der Waals surface area contributed by atoms with Crippen LogP contribution in [0.5, 0.6) is 0 Å². The molecule has 0 amide bonds.